The molecule has 0 spiro atoms. The second kappa shape index (κ2) is 6.81. The highest BCUT2D eigenvalue weighted by Crippen LogP contribution is 2.20. The number of aromatic nitrogens is 1. The van der Waals surface area contributed by atoms with Gasteiger partial charge in [0.25, 0.3) is 5.91 Å². The molecular weight excluding hydrogens is 288 g/mol. The lowest BCUT2D eigenvalue weighted by atomic mass is 10.1. The number of carbonyl (C=O) groups is 2. The molecule has 108 valence electrons. The number of amides is 1. The molecular formula is C15H14N2O3S. The monoisotopic (exact) mass is 302 g/mol. The standard InChI is InChI=1S/C15H14N2O3S/c1-2-11-7-10(4-6-14(18)19)3-5-12(11)17-15(20)13-8-16-9-21-13/h3-9H,2H2,1H3,(H,17,20)(H,18,19)/b6-4+. The van der Waals surface area contributed by atoms with E-state index in [1.54, 1.807) is 17.6 Å². The number of thiazole rings is 1. The van der Waals surface area contributed by atoms with Crippen LogP contribution in [0.25, 0.3) is 6.08 Å². The van der Waals surface area contributed by atoms with Gasteiger partial charge >= 0.3 is 5.97 Å². The highest BCUT2D eigenvalue weighted by atomic mass is 32.1. The zero-order chi connectivity index (χ0) is 15.2. The van der Waals surface area contributed by atoms with Crippen molar-refractivity contribution >= 4 is 35.0 Å². The molecule has 0 bridgehead atoms. The number of anilines is 1. The maximum Gasteiger partial charge on any atom is 0.328 e. The highest BCUT2D eigenvalue weighted by molar-refractivity contribution is 7.11. The van der Waals surface area contributed by atoms with Crippen molar-refractivity contribution in [1.82, 2.24) is 4.98 Å². The summed E-state index contributed by atoms with van der Waals surface area (Å²) in [5.41, 5.74) is 4.06. The Balaban J connectivity index is 2.20. The van der Waals surface area contributed by atoms with Crippen LogP contribution in [0.15, 0.2) is 36.0 Å². The van der Waals surface area contributed by atoms with E-state index in [0.717, 1.165) is 29.3 Å². The molecule has 0 saturated heterocycles. The third-order valence-electron chi connectivity index (χ3n) is 2.83. The molecule has 0 fully saturated rings. The zero-order valence-corrected chi connectivity index (χ0v) is 12.2. The summed E-state index contributed by atoms with van der Waals surface area (Å²) >= 11 is 1.28. The zero-order valence-electron chi connectivity index (χ0n) is 11.4. The molecule has 2 aromatic rings. The number of carboxylic acid groups (broad SMARTS) is 1. The van der Waals surface area contributed by atoms with E-state index in [0.29, 0.717) is 4.88 Å². The first-order valence-electron chi connectivity index (χ1n) is 6.34. The van der Waals surface area contributed by atoms with Crippen LogP contribution in [0.2, 0.25) is 0 Å². The summed E-state index contributed by atoms with van der Waals surface area (Å²) in [6.07, 6.45) is 4.86. The van der Waals surface area contributed by atoms with E-state index in [2.05, 4.69) is 10.3 Å². The van der Waals surface area contributed by atoms with Crippen LogP contribution >= 0.6 is 11.3 Å². The predicted molar refractivity (Wildman–Crippen MR) is 82.6 cm³/mol. The number of aliphatic carboxylic acids is 1. The number of rotatable bonds is 5. The summed E-state index contributed by atoms with van der Waals surface area (Å²) in [6, 6.07) is 5.40. The molecule has 1 amide bonds. The minimum Gasteiger partial charge on any atom is -0.478 e. The lowest BCUT2D eigenvalue weighted by Crippen LogP contribution is -2.11. The summed E-state index contributed by atoms with van der Waals surface area (Å²) in [7, 11) is 0. The second-order valence-electron chi connectivity index (χ2n) is 4.26. The second-order valence-corrected chi connectivity index (χ2v) is 5.15. The first-order valence-corrected chi connectivity index (χ1v) is 7.22. The fraction of sp³-hybridized carbons (Fsp3) is 0.133. The van der Waals surface area contributed by atoms with Crippen LogP contribution < -0.4 is 5.32 Å². The Morgan fingerprint density at radius 2 is 2.24 bits per heavy atom. The van der Waals surface area contributed by atoms with Gasteiger partial charge in [-0.1, -0.05) is 13.0 Å². The Labute approximate surface area is 126 Å². The van der Waals surface area contributed by atoms with Crippen molar-refractivity contribution in [2.75, 3.05) is 5.32 Å². The quantitative estimate of drug-likeness (QED) is 0.832. The molecule has 2 rings (SSSR count). The Morgan fingerprint density at radius 3 is 2.86 bits per heavy atom. The summed E-state index contributed by atoms with van der Waals surface area (Å²) in [6.45, 7) is 1.97. The van der Waals surface area contributed by atoms with Gasteiger partial charge in [0.1, 0.15) is 4.88 Å². The molecule has 0 aliphatic rings. The van der Waals surface area contributed by atoms with Crippen molar-refractivity contribution in [2.24, 2.45) is 0 Å². The van der Waals surface area contributed by atoms with E-state index in [4.69, 9.17) is 5.11 Å². The van der Waals surface area contributed by atoms with Crippen molar-refractivity contribution in [1.29, 1.82) is 0 Å². The van der Waals surface area contributed by atoms with Crippen LogP contribution in [-0.2, 0) is 11.2 Å². The average molecular weight is 302 g/mol. The van der Waals surface area contributed by atoms with E-state index in [9.17, 15) is 9.59 Å². The molecule has 6 heteroatoms. The fourth-order valence-electron chi connectivity index (χ4n) is 1.81. The molecule has 0 unspecified atom stereocenters. The number of nitrogens with one attached hydrogen (secondary N) is 1. The van der Waals surface area contributed by atoms with Gasteiger partial charge in [-0.15, -0.1) is 11.3 Å². The normalized spacial score (nSPS) is 10.7. The maximum absolute atomic E-state index is 12.0. The summed E-state index contributed by atoms with van der Waals surface area (Å²) in [5.74, 6) is -1.18. The van der Waals surface area contributed by atoms with E-state index >= 15 is 0 Å². The largest absolute Gasteiger partial charge is 0.478 e. The predicted octanol–water partition coefficient (Wildman–Crippen LogP) is 3.06. The van der Waals surface area contributed by atoms with Crippen molar-refractivity contribution < 1.29 is 14.7 Å². The van der Waals surface area contributed by atoms with E-state index < -0.39 is 5.97 Å². The van der Waals surface area contributed by atoms with Crippen molar-refractivity contribution in [2.45, 2.75) is 13.3 Å². The van der Waals surface area contributed by atoms with E-state index in [-0.39, 0.29) is 5.91 Å². The first-order chi connectivity index (χ1) is 10.1. The maximum atomic E-state index is 12.0. The number of carbonyl (C=O) groups excluding carboxylic acids is 1. The number of benzene rings is 1. The van der Waals surface area contributed by atoms with Gasteiger partial charge < -0.3 is 10.4 Å². The lowest BCUT2D eigenvalue weighted by molar-refractivity contribution is -0.131. The molecule has 2 N–H and O–H groups in total. The third-order valence-corrected chi connectivity index (χ3v) is 3.60. The molecule has 0 saturated carbocycles. The number of hydrogen-bond donors (Lipinski definition) is 2. The molecule has 5 nitrogen and oxygen atoms in total. The number of nitrogens with zero attached hydrogens (tertiary/aromatic N) is 1. The molecule has 1 aromatic carbocycles. The number of hydrogen-bond acceptors (Lipinski definition) is 4. The number of carboxylic acids is 1. The van der Waals surface area contributed by atoms with Crippen LogP contribution in [0.1, 0.15) is 27.7 Å². The van der Waals surface area contributed by atoms with Gasteiger partial charge in [0.05, 0.1) is 11.7 Å². The Bertz CT molecular complexity index is 678. The van der Waals surface area contributed by atoms with Gasteiger partial charge in [0.2, 0.25) is 0 Å². The van der Waals surface area contributed by atoms with Crippen LogP contribution in [0.4, 0.5) is 5.69 Å². The highest BCUT2D eigenvalue weighted by Gasteiger charge is 2.10. The van der Waals surface area contributed by atoms with Crippen LogP contribution in [0.3, 0.4) is 0 Å². The van der Waals surface area contributed by atoms with Gasteiger partial charge in [0, 0.05) is 11.8 Å². The minimum absolute atomic E-state index is 0.193. The first kappa shape index (κ1) is 14.9. The fourth-order valence-corrected chi connectivity index (χ4v) is 2.33. The van der Waals surface area contributed by atoms with Gasteiger partial charge in [-0.3, -0.25) is 9.78 Å². The van der Waals surface area contributed by atoms with Crippen LogP contribution in [0.5, 0.6) is 0 Å². The van der Waals surface area contributed by atoms with Crippen molar-refractivity contribution in [3.63, 3.8) is 0 Å². The smallest absolute Gasteiger partial charge is 0.328 e. The van der Waals surface area contributed by atoms with Crippen LogP contribution in [-0.4, -0.2) is 22.0 Å². The minimum atomic E-state index is -0.990. The van der Waals surface area contributed by atoms with Gasteiger partial charge in [-0.2, -0.15) is 0 Å². The molecule has 1 aromatic heterocycles. The Hall–Kier alpha value is -2.47. The summed E-state index contributed by atoms with van der Waals surface area (Å²) in [4.78, 5) is 27.0. The van der Waals surface area contributed by atoms with Gasteiger partial charge in [0.15, 0.2) is 0 Å². The van der Waals surface area contributed by atoms with Crippen LogP contribution in [0, 0.1) is 0 Å². The molecule has 0 aliphatic heterocycles. The topological polar surface area (TPSA) is 79.3 Å². The number of aryl methyl sites for hydroxylation is 1. The average Bonchev–Trinajstić information content (AvgIpc) is 3.00. The van der Waals surface area contributed by atoms with Gasteiger partial charge in [-0.05, 0) is 35.8 Å². The third kappa shape index (κ3) is 4.00. The summed E-state index contributed by atoms with van der Waals surface area (Å²) in [5, 5.41) is 11.5. The Kier molecular flexibility index (Phi) is 4.84. The van der Waals surface area contributed by atoms with Crippen molar-refractivity contribution in [3.05, 3.63) is 52.0 Å². The van der Waals surface area contributed by atoms with E-state index in [1.807, 2.05) is 13.0 Å². The van der Waals surface area contributed by atoms with Crippen molar-refractivity contribution in [3.8, 4) is 0 Å². The molecule has 0 radical (unpaired) electrons. The molecule has 21 heavy (non-hydrogen) atoms. The SMILES string of the molecule is CCc1cc(/C=C/C(=O)O)ccc1NC(=O)c1cncs1. The van der Waals surface area contributed by atoms with Gasteiger partial charge in [-0.25, -0.2) is 4.79 Å². The summed E-state index contributed by atoms with van der Waals surface area (Å²) < 4.78 is 0. The van der Waals surface area contributed by atoms with E-state index in [1.165, 1.54) is 23.6 Å². The molecule has 0 aliphatic carbocycles. The Morgan fingerprint density at radius 1 is 1.43 bits per heavy atom. The molecule has 0 atom stereocenters. The lowest BCUT2D eigenvalue weighted by Gasteiger charge is -2.10. The molecule has 1 heterocycles.